The van der Waals surface area contributed by atoms with Gasteiger partial charge < -0.3 is 15.2 Å². The molecule has 0 heterocycles. The fraction of sp³-hybridized carbons (Fsp3) is 0.231. The van der Waals surface area contributed by atoms with E-state index in [4.69, 9.17) is 10.5 Å². The lowest BCUT2D eigenvalue weighted by atomic mass is 10.2. The monoisotopic (exact) mass is 249 g/mol. The number of nitrogens with two attached hydrogens (primary N) is 1. The lowest BCUT2D eigenvalue weighted by Crippen LogP contribution is -2.17. The number of ether oxygens (including phenoxy) is 2. The number of carbonyl (C=O) groups is 2. The van der Waals surface area contributed by atoms with E-state index in [1.165, 1.54) is 0 Å². The second kappa shape index (κ2) is 7.11. The molecule has 0 amide bonds. The molecule has 18 heavy (non-hydrogen) atoms. The molecule has 96 valence electrons. The Kier molecular flexibility index (Phi) is 5.44. The summed E-state index contributed by atoms with van der Waals surface area (Å²) in [4.78, 5) is 22.5. The smallest absolute Gasteiger partial charge is 0.354 e. The van der Waals surface area contributed by atoms with E-state index in [2.05, 4.69) is 4.74 Å². The molecule has 0 aliphatic carbocycles. The fourth-order valence-electron chi connectivity index (χ4n) is 1.17. The van der Waals surface area contributed by atoms with Crippen molar-refractivity contribution in [3.8, 4) is 0 Å². The van der Waals surface area contributed by atoms with Crippen molar-refractivity contribution in [2.75, 3.05) is 6.61 Å². The van der Waals surface area contributed by atoms with Crippen LogP contribution in [0.25, 0.3) is 0 Å². The summed E-state index contributed by atoms with van der Waals surface area (Å²) in [6.07, 6.45) is 0.918. The Morgan fingerprint density at radius 2 is 1.89 bits per heavy atom. The molecule has 0 aliphatic heterocycles. The lowest BCUT2D eigenvalue weighted by molar-refractivity contribution is -0.141. The molecule has 1 aromatic carbocycles. The van der Waals surface area contributed by atoms with Crippen molar-refractivity contribution in [1.29, 1.82) is 0 Å². The van der Waals surface area contributed by atoms with Crippen LogP contribution in [0.15, 0.2) is 42.1 Å². The van der Waals surface area contributed by atoms with Gasteiger partial charge in [0.2, 0.25) is 0 Å². The van der Waals surface area contributed by atoms with Gasteiger partial charge in [-0.15, -0.1) is 0 Å². The number of hydrogen-bond acceptors (Lipinski definition) is 5. The van der Waals surface area contributed by atoms with E-state index >= 15 is 0 Å². The first-order chi connectivity index (χ1) is 8.63. The molecular weight excluding hydrogens is 234 g/mol. The normalized spacial score (nSPS) is 10.8. The van der Waals surface area contributed by atoms with E-state index < -0.39 is 11.9 Å². The van der Waals surface area contributed by atoms with Crippen LogP contribution < -0.4 is 5.73 Å². The van der Waals surface area contributed by atoms with E-state index in [-0.39, 0.29) is 18.9 Å². The maximum atomic E-state index is 11.3. The highest BCUT2D eigenvalue weighted by Crippen LogP contribution is 2.01. The summed E-state index contributed by atoms with van der Waals surface area (Å²) < 4.78 is 9.55. The van der Waals surface area contributed by atoms with Gasteiger partial charge in [-0.2, -0.15) is 0 Å². The summed E-state index contributed by atoms with van der Waals surface area (Å²) in [6.45, 7) is 1.98. The summed E-state index contributed by atoms with van der Waals surface area (Å²) in [7, 11) is 0. The molecule has 0 saturated heterocycles. The molecule has 0 fully saturated rings. The minimum Gasteiger partial charge on any atom is -0.461 e. The first-order valence-electron chi connectivity index (χ1n) is 5.48. The number of carbonyl (C=O) groups excluding carboxylic acids is 2. The molecule has 0 bridgehead atoms. The summed E-state index contributed by atoms with van der Waals surface area (Å²) in [6, 6.07) is 9.19. The summed E-state index contributed by atoms with van der Waals surface area (Å²) >= 11 is 0. The van der Waals surface area contributed by atoms with Crippen LogP contribution in [0.5, 0.6) is 0 Å². The molecule has 2 N–H and O–H groups in total. The van der Waals surface area contributed by atoms with Crippen LogP contribution in [0.3, 0.4) is 0 Å². The minimum absolute atomic E-state index is 0.131. The maximum Gasteiger partial charge on any atom is 0.354 e. The Morgan fingerprint density at radius 3 is 2.50 bits per heavy atom. The third-order valence-electron chi connectivity index (χ3n) is 2.01. The van der Waals surface area contributed by atoms with Crippen LogP contribution in [0, 0.1) is 0 Å². The molecule has 5 heteroatoms. The summed E-state index contributed by atoms with van der Waals surface area (Å²) in [5.41, 5.74) is 5.95. The van der Waals surface area contributed by atoms with Crippen LogP contribution >= 0.6 is 0 Å². The molecular formula is C13H15NO4. The van der Waals surface area contributed by atoms with Crippen molar-refractivity contribution in [3.05, 3.63) is 47.7 Å². The second-order valence-corrected chi connectivity index (χ2v) is 3.41. The van der Waals surface area contributed by atoms with Gasteiger partial charge >= 0.3 is 11.9 Å². The van der Waals surface area contributed by atoms with Gasteiger partial charge in [0, 0.05) is 0 Å². The van der Waals surface area contributed by atoms with Gasteiger partial charge in [0.1, 0.15) is 12.3 Å². The van der Waals surface area contributed by atoms with Gasteiger partial charge in [-0.3, -0.25) is 0 Å². The first kappa shape index (κ1) is 13.8. The van der Waals surface area contributed by atoms with Crippen LogP contribution in [0.1, 0.15) is 12.5 Å². The van der Waals surface area contributed by atoms with Gasteiger partial charge in [-0.1, -0.05) is 30.3 Å². The molecule has 0 aliphatic rings. The summed E-state index contributed by atoms with van der Waals surface area (Å²) in [5, 5.41) is 0. The van der Waals surface area contributed by atoms with E-state index in [1.807, 2.05) is 30.3 Å². The lowest BCUT2D eigenvalue weighted by Gasteiger charge is -2.03. The zero-order chi connectivity index (χ0) is 13.4. The van der Waals surface area contributed by atoms with Crippen molar-refractivity contribution in [2.45, 2.75) is 13.5 Å². The number of rotatable bonds is 5. The Bertz CT molecular complexity index is 440. The van der Waals surface area contributed by atoms with Gasteiger partial charge in [0.25, 0.3) is 0 Å². The molecule has 1 aromatic rings. The van der Waals surface area contributed by atoms with Gasteiger partial charge in [-0.25, -0.2) is 9.59 Å². The number of benzene rings is 1. The molecule has 1 rings (SSSR count). The summed E-state index contributed by atoms with van der Waals surface area (Å²) in [5.74, 6) is -1.40. The van der Waals surface area contributed by atoms with Gasteiger partial charge in [-0.05, 0) is 12.5 Å². The Labute approximate surface area is 105 Å². The van der Waals surface area contributed by atoms with Crippen LogP contribution in [-0.2, 0) is 25.7 Å². The van der Waals surface area contributed by atoms with Crippen LogP contribution in [0.4, 0.5) is 0 Å². The predicted molar refractivity (Wildman–Crippen MR) is 65.1 cm³/mol. The van der Waals surface area contributed by atoms with Gasteiger partial charge in [0.05, 0.1) is 12.7 Å². The Balaban J connectivity index is 2.46. The van der Waals surface area contributed by atoms with E-state index in [0.717, 1.165) is 11.6 Å². The largest absolute Gasteiger partial charge is 0.461 e. The number of hydrogen-bond donors (Lipinski definition) is 1. The Hall–Kier alpha value is -2.30. The third-order valence-corrected chi connectivity index (χ3v) is 2.01. The first-order valence-corrected chi connectivity index (χ1v) is 5.48. The fourth-order valence-corrected chi connectivity index (χ4v) is 1.17. The molecule has 5 nitrogen and oxygen atoms in total. The van der Waals surface area contributed by atoms with Crippen molar-refractivity contribution < 1.29 is 19.1 Å². The van der Waals surface area contributed by atoms with Crippen LogP contribution in [0.2, 0.25) is 0 Å². The van der Waals surface area contributed by atoms with Crippen molar-refractivity contribution in [1.82, 2.24) is 0 Å². The molecule has 0 saturated carbocycles. The quantitative estimate of drug-likeness (QED) is 0.625. The minimum atomic E-state index is -0.728. The van der Waals surface area contributed by atoms with E-state index in [9.17, 15) is 9.59 Å². The maximum absolute atomic E-state index is 11.3. The van der Waals surface area contributed by atoms with Crippen molar-refractivity contribution in [2.24, 2.45) is 5.73 Å². The van der Waals surface area contributed by atoms with E-state index in [0.29, 0.717) is 0 Å². The average Bonchev–Trinajstić information content (AvgIpc) is 2.38. The van der Waals surface area contributed by atoms with E-state index in [1.54, 1.807) is 6.92 Å². The van der Waals surface area contributed by atoms with Crippen molar-refractivity contribution in [3.63, 3.8) is 0 Å². The molecule has 0 spiro atoms. The molecule has 0 aromatic heterocycles. The molecule has 0 radical (unpaired) electrons. The Morgan fingerprint density at radius 1 is 1.22 bits per heavy atom. The highest BCUT2D eigenvalue weighted by Gasteiger charge is 2.09. The molecule has 0 unspecified atom stereocenters. The SMILES string of the molecule is CCOC(=O)/C(N)=C/C(=O)OCc1ccccc1. The standard InChI is InChI=1S/C13H15NO4/c1-2-17-13(16)11(14)8-12(15)18-9-10-6-4-3-5-7-10/h3-8H,2,9,14H2,1H3/b11-8-. The second-order valence-electron chi connectivity index (χ2n) is 3.41. The zero-order valence-electron chi connectivity index (χ0n) is 10.1. The van der Waals surface area contributed by atoms with Crippen LogP contribution in [-0.4, -0.2) is 18.5 Å². The van der Waals surface area contributed by atoms with Gasteiger partial charge in [0.15, 0.2) is 0 Å². The topological polar surface area (TPSA) is 78.6 Å². The third kappa shape index (κ3) is 4.69. The van der Waals surface area contributed by atoms with Crippen molar-refractivity contribution >= 4 is 11.9 Å². The highest BCUT2D eigenvalue weighted by molar-refractivity contribution is 5.95. The highest BCUT2D eigenvalue weighted by atomic mass is 16.5. The zero-order valence-corrected chi connectivity index (χ0v) is 10.1. The molecule has 0 atom stereocenters. The number of esters is 2. The average molecular weight is 249 g/mol. The predicted octanol–water partition coefficient (Wildman–Crippen LogP) is 1.14.